The number of halogens is 2. The van der Waals surface area contributed by atoms with Gasteiger partial charge in [-0.15, -0.1) is 0 Å². The van der Waals surface area contributed by atoms with Gasteiger partial charge in [0.25, 0.3) is 5.91 Å². The van der Waals surface area contributed by atoms with Crippen molar-refractivity contribution in [3.8, 4) is 5.75 Å². The Morgan fingerprint density at radius 2 is 1.75 bits per heavy atom. The number of carbonyl (C=O) groups is 1. The Hall–Kier alpha value is -1.80. The number of hydrogen-bond donors (Lipinski definition) is 0. The number of benzene rings is 2. The second kappa shape index (κ2) is 7.55. The molecule has 0 unspecified atom stereocenters. The van der Waals surface area contributed by atoms with E-state index in [1.165, 1.54) is 16.4 Å². The van der Waals surface area contributed by atoms with Gasteiger partial charge in [-0.05, 0) is 42.0 Å². The highest BCUT2D eigenvalue weighted by molar-refractivity contribution is 7.89. The highest BCUT2D eigenvalue weighted by Crippen LogP contribution is 2.29. The molecular weight excluding hydrogens is 423 g/mol. The predicted octanol–water partition coefficient (Wildman–Crippen LogP) is 3.08. The maximum atomic E-state index is 12.9. The van der Waals surface area contributed by atoms with Crippen LogP contribution in [0.2, 0.25) is 10.0 Å². The average molecular weight is 441 g/mol. The van der Waals surface area contributed by atoms with E-state index in [0.29, 0.717) is 30.3 Å². The second-order valence-electron chi connectivity index (χ2n) is 6.69. The third kappa shape index (κ3) is 3.59. The lowest BCUT2D eigenvalue weighted by Crippen LogP contribution is -2.50. The van der Waals surface area contributed by atoms with E-state index in [0.717, 1.165) is 17.7 Å². The lowest BCUT2D eigenvalue weighted by molar-refractivity contribution is 0.0698. The van der Waals surface area contributed by atoms with E-state index in [4.69, 9.17) is 27.9 Å². The molecule has 28 heavy (non-hydrogen) atoms. The van der Waals surface area contributed by atoms with E-state index in [2.05, 4.69) is 0 Å². The molecule has 0 spiro atoms. The highest BCUT2D eigenvalue weighted by atomic mass is 35.5. The second-order valence-corrected chi connectivity index (χ2v) is 9.44. The van der Waals surface area contributed by atoms with Crippen molar-refractivity contribution in [1.82, 2.24) is 9.21 Å². The monoisotopic (exact) mass is 440 g/mol. The molecule has 2 aliphatic rings. The van der Waals surface area contributed by atoms with E-state index in [1.54, 1.807) is 17.0 Å². The molecule has 0 atom stereocenters. The Labute approximate surface area is 173 Å². The number of fused-ring (bicyclic) bond motifs is 1. The first-order chi connectivity index (χ1) is 13.4. The molecule has 148 valence electrons. The summed E-state index contributed by atoms with van der Waals surface area (Å²) in [6.07, 6.45) is 0.795. The van der Waals surface area contributed by atoms with Crippen LogP contribution in [-0.2, 0) is 16.4 Å². The molecule has 1 amide bonds. The third-order valence-corrected chi connectivity index (χ3v) is 7.59. The molecule has 2 heterocycles. The molecule has 0 saturated carbocycles. The summed E-state index contributed by atoms with van der Waals surface area (Å²) in [4.78, 5) is 14.5. The molecule has 1 fully saturated rings. The van der Waals surface area contributed by atoms with Gasteiger partial charge < -0.3 is 9.64 Å². The zero-order chi connectivity index (χ0) is 19.9. The van der Waals surface area contributed by atoms with Crippen molar-refractivity contribution in [1.29, 1.82) is 0 Å². The van der Waals surface area contributed by atoms with Gasteiger partial charge in [0.1, 0.15) is 10.6 Å². The predicted molar refractivity (Wildman–Crippen MR) is 107 cm³/mol. The Kier molecular flexibility index (Phi) is 5.26. The number of hydrogen-bond acceptors (Lipinski definition) is 4. The molecule has 2 aromatic carbocycles. The van der Waals surface area contributed by atoms with Crippen LogP contribution in [0.3, 0.4) is 0 Å². The van der Waals surface area contributed by atoms with Crippen LogP contribution in [0, 0.1) is 0 Å². The number of piperazine rings is 1. The van der Waals surface area contributed by atoms with Gasteiger partial charge in [-0.3, -0.25) is 4.79 Å². The van der Waals surface area contributed by atoms with Gasteiger partial charge >= 0.3 is 0 Å². The SMILES string of the molecule is O=C(c1ccc2c(c1)CCO2)N1CCN(S(=O)(=O)c2cc(Cl)ccc2Cl)CC1. The molecule has 0 aliphatic carbocycles. The zero-order valence-corrected chi connectivity index (χ0v) is 17.2. The van der Waals surface area contributed by atoms with Crippen LogP contribution in [0.15, 0.2) is 41.3 Å². The third-order valence-electron chi connectivity index (χ3n) is 4.97. The molecule has 1 saturated heterocycles. The molecule has 0 N–H and O–H groups in total. The average Bonchev–Trinajstić information content (AvgIpc) is 3.17. The summed E-state index contributed by atoms with van der Waals surface area (Å²) in [5, 5.41) is 0.431. The van der Waals surface area contributed by atoms with Crippen molar-refractivity contribution in [3.05, 3.63) is 57.6 Å². The maximum Gasteiger partial charge on any atom is 0.253 e. The minimum absolute atomic E-state index is 0.0138. The molecule has 0 radical (unpaired) electrons. The smallest absolute Gasteiger partial charge is 0.253 e. The normalized spacial score (nSPS) is 17.3. The number of ether oxygens (including phenoxy) is 1. The van der Waals surface area contributed by atoms with Crippen molar-refractivity contribution in [2.75, 3.05) is 32.8 Å². The fraction of sp³-hybridized carbons (Fsp3) is 0.316. The number of rotatable bonds is 3. The van der Waals surface area contributed by atoms with E-state index in [1.807, 2.05) is 12.1 Å². The first kappa shape index (κ1) is 19.5. The number of nitrogens with zero attached hydrogens (tertiary/aromatic N) is 2. The van der Waals surface area contributed by atoms with Crippen LogP contribution in [0.5, 0.6) is 5.75 Å². The van der Waals surface area contributed by atoms with Gasteiger partial charge in [-0.2, -0.15) is 4.31 Å². The van der Waals surface area contributed by atoms with Gasteiger partial charge in [0.2, 0.25) is 10.0 Å². The van der Waals surface area contributed by atoms with E-state index in [-0.39, 0.29) is 28.9 Å². The van der Waals surface area contributed by atoms with Crippen LogP contribution < -0.4 is 4.74 Å². The molecule has 4 rings (SSSR count). The summed E-state index contributed by atoms with van der Waals surface area (Å²) in [5.41, 5.74) is 1.63. The minimum Gasteiger partial charge on any atom is -0.493 e. The van der Waals surface area contributed by atoms with Crippen LogP contribution in [0.25, 0.3) is 0 Å². The number of sulfonamides is 1. The number of amides is 1. The summed E-state index contributed by atoms with van der Waals surface area (Å²) in [6.45, 7) is 1.65. The summed E-state index contributed by atoms with van der Waals surface area (Å²) in [6, 6.07) is 9.79. The van der Waals surface area contributed by atoms with Crippen LogP contribution in [-0.4, -0.2) is 56.3 Å². The largest absolute Gasteiger partial charge is 0.493 e. The van der Waals surface area contributed by atoms with Gasteiger partial charge in [0.05, 0.1) is 11.6 Å². The summed E-state index contributed by atoms with van der Waals surface area (Å²) < 4.78 is 32.6. The lowest BCUT2D eigenvalue weighted by atomic mass is 10.1. The fourth-order valence-electron chi connectivity index (χ4n) is 3.45. The van der Waals surface area contributed by atoms with E-state index in [9.17, 15) is 13.2 Å². The van der Waals surface area contributed by atoms with Gasteiger partial charge in [0.15, 0.2) is 0 Å². The molecule has 0 bridgehead atoms. The van der Waals surface area contributed by atoms with E-state index >= 15 is 0 Å². The van der Waals surface area contributed by atoms with Gasteiger partial charge in [-0.25, -0.2) is 8.42 Å². The topological polar surface area (TPSA) is 66.9 Å². The Morgan fingerprint density at radius 3 is 2.50 bits per heavy atom. The molecule has 9 heteroatoms. The summed E-state index contributed by atoms with van der Waals surface area (Å²) in [5.74, 6) is 0.721. The van der Waals surface area contributed by atoms with Gasteiger partial charge in [0, 0.05) is 43.2 Å². The molecule has 2 aromatic rings. The van der Waals surface area contributed by atoms with Crippen LogP contribution in [0.1, 0.15) is 15.9 Å². The molecular formula is C19H18Cl2N2O4S. The van der Waals surface area contributed by atoms with Crippen molar-refractivity contribution >= 4 is 39.1 Å². The highest BCUT2D eigenvalue weighted by Gasteiger charge is 2.32. The van der Waals surface area contributed by atoms with Crippen LogP contribution in [0.4, 0.5) is 0 Å². The quantitative estimate of drug-likeness (QED) is 0.735. The van der Waals surface area contributed by atoms with Crippen molar-refractivity contribution < 1.29 is 17.9 Å². The van der Waals surface area contributed by atoms with E-state index < -0.39 is 10.0 Å². The van der Waals surface area contributed by atoms with Crippen molar-refractivity contribution in [2.24, 2.45) is 0 Å². The zero-order valence-electron chi connectivity index (χ0n) is 14.9. The minimum atomic E-state index is -3.77. The number of carbonyl (C=O) groups excluding carboxylic acids is 1. The van der Waals surface area contributed by atoms with Gasteiger partial charge in [-0.1, -0.05) is 23.2 Å². The summed E-state index contributed by atoms with van der Waals surface area (Å²) >= 11 is 12.0. The lowest BCUT2D eigenvalue weighted by Gasteiger charge is -2.34. The molecule has 0 aromatic heterocycles. The Balaban J connectivity index is 1.47. The molecule has 6 nitrogen and oxygen atoms in total. The maximum absolute atomic E-state index is 12.9. The molecule has 2 aliphatic heterocycles. The first-order valence-electron chi connectivity index (χ1n) is 8.86. The standard InChI is InChI=1S/C19H18Cl2N2O4S/c20-15-2-3-16(21)18(12-15)28(25,26)23-8-6-22(7-9-23)19(24)14-1-4-17-13(11-14)5-10-27-17/h1-4,11-12H,5-10H2. The first-order valence-corrected chi connectivity index (χ1v) is 11.1. The Morgan fingerprint density at radius 1 is 1.00 bits per heavy atom. The van der Waals surface area contributed by atoms with Crippen LogP contribution >= 0.6 is 23.2 Å². The fourth-order valence-corrected chi connectivity index (χ4v) is 5.61. The Bertz CT molecular complexity index is 1030. The van der Waals surface area contributed by atoms with Crippen molar-refractivity contribution in [2.45, 2.75) is 11.3 Å². The summed E-state index contributed by atoms with van der Waals surface area (Å²) in [7, 11) is -3.77. The van der Waals surface area contributed by atoms with Crippen molar-refractivity contribution in [3.63, 3.8) is 0 Å².